The van der Waals surface area contributed by atoms with Gasteiger partial charge in [-0.05, 0) is 11.1 Å². The number of hydrogen-bond donors (Lipinski definition) is 3. The zero-order valence-corrected chi connectivity index (χ0v) is 16.9. The van der Waals surface area contributed by atoms with Gasteiger partial charge in [-0.3, -0.25) is 14.2 Å². The van der Waals surface area contributed by atoms with E-state index in [1.807, 2.05) is 0 Å². The Morgan fingerprint density at radius 1 is 0.867 bits per heavy atom. The van der Waals surface area contributed by atoms with Crippen LogP contribution in [0.2, 0.25) is 0 Å². The van der Waals surface area contributed by atoms with E-state index in [1.54, 1.807) is 60.7 Å². The molecule has 10 heteroatoms. The molecule has 0 unspecified atom stereocenters. The molecule has 2 aromatic rings. The fourth-order valence-corrected chi connectivity index (χ4v) is 2.88. The summed E-state index contributed by atoms with van der Waals surface area (Å²) in [7, 11) is -4.64. The summed E-state index contributed by atoms with van der Waals surface area (Å²) in [6, 6.07) is 16.2. The maximum absolute atomic E-state index is 12.4. The number of carbonyl (C=O) groups excluding carboxylic acids is 3. The highest BCUT2D eigenvalue weighted by Crippen LogP contribution is 2.33. The molecule has 0 spiro atoms. The minimum atomic E-state index is -4.64. The van der Waals surface area contributed by atoms with Crippen LogP contribution in [0.3, 0.4) is 0 Å². The van der Waals surface area contributed by atoms with Crippen LogP contribution in [0, 0.1) is 0 Å². The number of ether oxygens (including phenoxy) is 2. The third-order valence-corrected chi connectivity index (χ3v) is 4.51. The Labute approximate surface area is 173 Å². The van der Waals surface area contributed by atoms with Gasteiger partial charge in [0, 0.05) is 0 Å². The van der Waals surface area contributed by atoms with Crippen molar-refractivity contribution < 1.29 is 38.2 Å². The number of esters is 2. The van der Waals surface area contributed by atoms with E-state index in [-0.39, 0.29) is 13.2 Å². The van der Waals surface area contributed by atoms with Gasteiger partial charge in [0.1, 0.15) is 25.4 Å². The summed E-state index contributed by atoms with van der Waals surface area (Å²) in [5.41, 5.74) is 1.43. The smallest absolute Gasteiger partial charge is 0.334 e. The second-order valence-electron chi connectivity index (χ2n) is 6.39. The molecule has 0 aliphatic rings. The van der Waals surface area contributed by atoms with E-state index in [2.05, 4.69) is 5.32 Å². The van der Waals surface area contributed by atoms with Crippen molar-refractivity contribution in [3.63, 3.8) is 0 Å². The molecule has 3 N–H and O–H groups in total. The van der Waals surface area contributed by atoms with Gasteiger partial charge in [-0.1, -0.05) is 60.7 Å². The summed E-state index contributed by atoms with van der Waals surface area (Å²) in [5.74, 6) is -2.78. The minimum Gasteiger partial charge on any atom is -0.461 e. The lowest BCUT2D eigenvalue weighted by molar-refractivity contribution is -0.155. The van der Waals surface area contributed by atoms with E-state index in [1.165, 1.54) is 0 Å². The van der Waals surface area contributed by atoms with Gasteiger partial charge in [-0.15, -0.1) is 0 Å². The quantitative estimate of drug-likeness (QED) is 0.377. The molecular formula is C20H22NO8P. The summed E-state index contributed by atoms with van der Waals surface area (Å²) in [6.07, 6.45) is -1.66. The van der Waals surface area contributed by atoms with Crippen molar-refractivity contribution >= 4 is 25.4 Å². The Bertz CT molecular complexity index is 898. The lowest BCUT2D eigenvalue weighted by atomic mass is 10.2. The van der Waals surface area contributed by atoms with Crippen molar-refractivity contribution in [2.24, 2.45) is 0 Å². The molecule has 1 atom stereocenters. The van der Waals surface area contributed by atoms with Crippen molar-refractivity contribution in [2.75, 3.05) is 6.16 Å². The summed E-state index contributed by atoms with van der Waals surface area (Å²) in [5, 5.41) is 2.13. The first kappa shape index (κ1) is 23.3. The van der Waals surface area contributed by atoms with Gasteiger partial charge >= 0.3 is 19.5 Å². The average Bonchev–Trinajstić information content (AvgIpc) is 2.70. The van der Waals surface area contributed by atoms with Gasteiger partial charge in [0.2, 0.25) is 5.91 Å². The molecule has 1 amide bonds. The third-order valence-electron chi connectivity index (χ3n) is 3.81. The van der Waals surface area contributed by atoms with Crippen LogP contribution in [0.4, 0.5) is 0 Å². The molecule has 2 rings (SSSR count). The molecule has 30 heavy (non-hydrogen) atoms. The van der Waals surface area contributed by atoms with Gasteiger partial charge in [0.15, 0.2) is 0 Å². The summed E-state index contributed by atoms with van der Waals surface area (Å²) >= 11 is 0. The molecule has 0 saturated carbocycles. The Hall–Kier alpha value is -3.00. The van der Waals surface area contributed by atoms with E-state index < -0.39 is 44.1 Å². The molecule has 0 bridgehead atoms. The van der Waals surface area contributed by atoms with Crippen LogP contribution in [0.1, 0.15) is 17.5 Å². The summed E-state index contributed by atoms with van der Waals surface area (Å²) in [4.78, 5) is 54.2. The normalized spacial score (nSPS) is 11.9. The van der Waals surface area contributed by atoms with Crippen molar-refractivity contribution in [1.82, 2.24) is 5.32 Å². The van der Waals surface area contributed by atoms with E-state index in [0.717, 1.165) is 5.56 Å². The number of hydrogen-bond acceptors (Lipinski definition) is 6. The van der Waals surface area contributed by atoms with Crippen LogP contribution in [-0.2, 0) is 41.6 Å². The maximum Gasteiger partial charge on any atom is 0.334 e. The molecule has 2 aromatic carbocycles. The van der Waals surface area contributed by atoms with Crippen LogP contribution >= 0.6 is 7.60 Å². The molecule has 9 nitrogen and oxygen atoms in total. The van der Waals surface area contributed by atoms with Crippen LogP contribution in [-0.4, -0.2) is 39.8 Å². The van der Waals surface area contributed by atoms with Gasteiger partial charge in [0.25, 0.3) is 0 Å². The van der Waals surface area contributed by atoms with E-state index in [4.69, 9.17) is 19.3 Å². The summed E-state index contributed by atoms with van der Waals surface area (Å²) < 4.78 is 21.2. The first-order valence-electron chi connectivity index (χ1n) is 8.97. The van der Waals surface area contributed by atoms with Crippen molar-refractivity contribution in [3.8, 4) is 0 Å². The van der Waals surface area contributed by atoms with Gasteiger partial charge in [-0.2, -0.15) is 0 Å². The van der Waals surface area contributed by atoms with Crippen molar-refractivity contribution in [1.29, 1.82) is 0 Å². The SMILES string of the molecule is O=C(CP(=O)(O)O)N[C@H](CC(=O)OCc1ccccc1)C(=O)OCc1ccccc1. The highest BCUT2D eigenvalue weighted by Gasteiger charge is 2.29. The van der Waals surface area contributed by atoms with Gasteiger partial charge in [0.05, 0.1) is 6.42 Å². The van der Waals surface area contributed by atoms with Gasteiger partial charge in [-0.25, -0.2) is 4.79 Å². The Morgan fingerprint density at radius 2 is 1.37 bits per heavy atom. The topological polar surface area (TPSA) is 139 Å². The molecule has 0 aliphatic heterocycles. The summed E-state index contributed by atoms with van der Waals surface area (Å²) in [6.45, 7) is -0.120. The molecule has 0 aliphatic carbocycles. The van der Waals surface area contributed by atoms with E-state index in [0.29, 0.717) is 5.56 Å². The highest BCUT2D eigenvalue weighted by molar-refractivity contribution is 7.52. The molecule has 0 radical (unpaired) electrons. The third kappa shape index (κ3) is 9.00. The highest BCUT2D eigenvalue weighted by atomic mass is 31.2. The zero-order valence-electron chi connectivity index (χ0n) is 16.0. The van der Waals surface area contributed by atoms with E-state index in [9.17, 15) is 18.9 Å². The van der Waals surface area contributed by atoms with Crippen LogP contribution in [0.5, 0.6) is 0 Å². The van der Waals surface area contributed by atoms with Crippen molar-refractivity contribution in [3.05, 3.63) is 71.8 Å². The van der Waals surface area contributed by atoms with Crippen LogP contribution in [0.25, 0.3) is 0 Å². The number of amides is 1. The number of rotatable bonds is 10. The lowest BCUT2D eigenvalue weighted by Gasteiger charge is -2.17. The molecular weight excluding hydrogens is 413 g/mol. The number of carbonyl (C=O) groups is 3. The first-order chi connectivity index (χ1) is 14.2. The van der Waals surface area contributed by atoms with Crippen LogP contribution < -0.4 is 5.32 Å². The fraction of sp³-hybridized carbons (Fsp3) is 0.250. The Balaban J connectivity index is 1.97. The number of benzene rings is 2. The fourth-order valence-electron chi connectivity index (χ4n) is 2.41. The molecule has 0 heterocycles. The predicted octanol–water partition coefficient (Wildman–Crippen LogP) is 1.53. The molecule has 0 saturated heterocycles. The first-order valence-corrected chi connectivity index (χ1v) is 10.8. The average molecular weight is 435 g/mol. The van der Waals surface area contributed by atoms with Gasteiger partial charge < -0.3 is 24.6 Å². The standard InChI is InChI=1S/C20H22NO8P/c22-18(14-30(25,26)27)21-17(20(24)29-13-16-9-5-2-6-10-16)11-19(23)28-12-15-7-3-1-4-8-15/h1-10,17H,11-14H2,(H,21,22)(H2,25,26,27)/t17-/m1/s1. The lowest BCUT2D eigenvalue weighted by Crippen LogP contribution is -2.44. The second-order valence-corrected chi connectivity index (χ2v) is 8.03. The predicted molar refractivity (Wildman–Crippen MR) is 106 cm³/mol. The monoisotopic (exact) mass is 435 g/mol. The van der Waals surface area contributed by atoms with Crippen molar-refractivity contribution in [2.45, 2.75) is 25.7 Å². The molecule has 0 fully saturated rings. The minimum absolute atomic E-state index is 0.0259. The number of nitrogens with one attached hydrogen (secondary N) is 1. The largest absolute Gasteiger partial charge is 0.461 e. The molecule has 0 aromatic heterocycles. The van der Waals surface area contributed by atoms with E-state index >= 15 is 0 Å². The zero-order chi connectivity index (χ0) is 22.0. The molecule has 160 valence electrons. The maximum atomic E-state index is 12.4. The Morgan fingerprint density at radius 3 is 1.87 bits per heavy atom. The van der Waals surface area contributed by atoms with Crippen LogP contribution in [0.15, 0.2) is 60.7 Å². The second kappa shape index (κ2) is 11.3. The Kier molecular flexibility index (Phi) is 8.73.